The lowest BCUT2D eigenvalue weighted by Crippen LogP contribution is -2.63. The third-order valence-electron chi connectivity index (χ3n) is 5.53. The van der Waals surface area contributed by atoms with Gasteiger partial charge in [-0.15, -0.1) is 0 Å². The Hall–Kier alpha value is -1.46. The number of carbonyl (C=O) groups is 1. The first-order valence-corrected chi connectivity index (χ1v) is 8.93. The molecule has 2 aliphatic rings. The van der Waals surface area contributed by atoms with Crippen LogP contribution in [0.1, 0.15) is 50.2 Å². The summed E-state index contributed by atoms with van der Waals surface area (Å²) in [4.78, 5) is 17.2. The molecule has 5 heteroatoms. The molecule has 0 bridgehead atoms. The Kier molecular flexibility index (Phi) is 5.21. The van der Waals surface area contributed by atoms with Gasteiger partial charge in [-0.3, -0.25) is 4.79 Å². The van der Waals surface area contributed by atoms with E-state index in [-0.39, 0.29) is 23.7 Å². The number of piperazine rings is 1. The van der Waals surface area contributed by atoms with Crippen LogP contribution in [-0.4, -0.2) is 53.0 Å². The van der Waals surface area contributed by atoms with Crippen LogP contribution in [0.5, 0.6) is 0 Å². The predicted molar refractivity (Wildman–Crippen MR) is 91.0 cm³/mol. The van der Waals surface area contributed by atoms with E-state index in [1.54, 1.807) is 12.1 Å². The number of carbonyl (C=O) groups excluding carboxylic acids is 1. The second-order valence-electron chi connectivity index (χ2n) is 7.34. The summed E-state index contributed by atoms with van der Waals surface area (Å²) >= 11 is 0. The minimum absolute atomic E-state index is 0.0123. The fraction of sp³-hybridized carbons (Fsp3) is 0.632. The Balaban J connectivity index is 1.72. The van der Waals surface area contributed by atoms with Gasteiger partial charge in [0.1, 0.15) is 5.82 Å². The van der Waals surface area contributed by atoms with Gasteiger partial charge in [0.2, 0.25) is 5.91 Å². The minimum atomic E-state index is -0.950. The first-order chi connectivity index (χ1) is 11.5. The zero-order valence-electron chi connectivity index (χ0n) is 14.4. The lowest BCUT2D eigenvalue weighted by atomic mass is 9.78. The smallest absolute Gasteiger partial charge is 0.226 e. The van der Waals surface area contributed by atoms with E-state index in [2.05, 4.69) is 11.9 Å². The number of rotatable bonds is 3. The van der Waals surface area contributed by atoms with Gasteiger partial charge in [0.25, 0.3) is 0 Å². The van der Waals surface area contributed by atoms with Crippen molar-refractivity contribution in [2.45, 2.75) is 50.2 Å². The molecule has 1 aliphatic carbocycles. The van der Waals surface area contributed by atoms with Gasteiger partial charge in [0.15, 0.2) is 0 Å². The van der Waals surface area contributed by atoms with Crippen LogP contribution < -0.4 is 0 Å². The van der Waals surface area contributed by atoms with Crippen molar-refractivity contribution in [2.24, 2.45) is 0 Å². The minimum Gasteiger partial charge on any atom is -0.388 e. The van der Waals surface area contributed by atoms with Gasteiger partial charge >= 0.3 is 0 Å². The maximum absolute atomic E-state index is 13.3. The van der Waals surface area contributed by atoms with E-state index in [0.29, 0.717) is 12.1 Å². The first-order valence-electron chi connectivity index (χ1n) is 8.93. The summed E-state index contributed by atoms with van der Waals surface area (Å²) in [6, 6.07) is 5.88. The van der Waals surface area contributed by atoms with Crippen LogP contribution in [-0.2, 0) is 4.79 Å². The molecule has 1 aromatic rings. The lowest BCUT2D eigenvalue weighted by molar-refractivity contribution is -0.146. The number of benzene rings is 1. The molecule has 4 nitrogen and oxygen atoms in total. The summed E-state index contributed by atoms with van der Waals surface area (Å²) in [6.45, 7) is 2.49. The Bertz CT molecular complexity index is 586. The number of nitrogens with zero attached hydrogens (tertiary/aromatic N) is 2. The maximum atomic E-state index is 13.3. The van der Waals surface area contributed by atoms with Crippen molar-refractivity contribution in [1.29, 1.82) is 0 Å². The van der Waals surface area contributed by atoms with Crippen molar-refractivity contribution >= 4 is 5.91 Å². The summed E-state index contributed by atoms with van der Waals surface area (Å²) in [5.74, 6) is -0.399. The first kappa shape index (κ1) is 17.4. The summed E-state index contributed by atoms with van der Waals surface area (Å²) in [7, 11) is 2.11. The zero-order chi connectivity index (χ0) is 17.2. The van der Waals surface area contributed by atoms with Gasteiger partial charge in [0.05, 0.1) is 18.1 Å². The third-order valence-corrected chi connectivity index (χ3v) is 5.53. The lowest BCUT2D eigenvalue weighted by Gasteiger charge is -2.52. The summed E-state index contributed by atoms with van der Waals surface area (Å²) in [5, 5.41) is 10.4. The van der Waals surface area contributed by atoms with Crippen LogP contribution in [0.2, 0.25) is 0 Å². The Morgan fingerprint density at radius 3 is 2.75 bits per heavy atom. The number of amides is 1. The van der Waals surface area contributed by atoms with Gasteiger partial charge < -0.3 is 14.9 Å². The Morgan fingerprint density at radius 2 is 2.04 bits per heavy atom. The molecule has 1 amide bonds. The molecule has 1 heterocycles. The molecule has 1 spiro atoms. The molecule has 1 aromatic carbocycles. The van der Waals surface area contributed by atoms with Crippen molar-refractivity contribution in [3.63, 3.8) is 0 Å². The van der Waals surface area contributed by atoms with Gasteiger partial charge in [-0.25, -0.2) is 4.39 Å². The SMILES string of the molecule is CN1CCN(C(=O)CC(O)c2cccc(F)c2)C2(CCCCC2)C1. The van der Waals surface area contributed by atoms with Crippen LogP contribution in [0.3, 0.4) is 0 Å². The molecule has 1 saturated heterocycles. The third kappa shape index (κ3) is 3.62. The van der Waals surface area contributed by atoms with E-state index < -0.39 is 6.10 Å². The van der Waals surface area contributed by atoms with E-state index in [0.717, 1.165) is 38.8 Å². The Morgan fingerprint density at radius 1 is 1.29 bits per heavy atom. The summed E-state index contributed by atoms with van der Waals surface area (Å²) < 4.78 is 13.3. The normalized spacial score (nSPS) is 22.5. The van der Waals surface area contributed by atoms with Crippen molar-refractivity contribution in [1.82, 2.24) is 9.80 Å². The highest BCUT2D eigenvalue weighted by molar-refractivity contribution is 5.78. The second kappa shape index (κ2) is 7.19. The highest BCUT2D eigenvalue weighted by Gasteiger charge is 2.43. The highest BCUT2D eigenvalue weighted by Crippen LogP contribution is 2.37. The van der Waals surface area contributed by atoms with Crippen molar-refractivity contribution in [3.8, 4) is 0 Å². The summed E-state index contributed by atoms with van der Waals surface area (Å²) in [5.41, 5.74) is 0.388. The van der Waals surface area contributed by atoms with Crippen molar-refractivity contribution in [2.75, 3.05) is 26.7 Å². The number of hydrogen-bond donors (Lipinski definition) is 1. The predicted octanol–water partition coefficient (Wildman–Crippen LogP) is 2.73. The number of halogens is 1. The average molecular weight is 334 g/mol. The maximum Gasteiger partial charge on any atom is 0.226 e. The average Bonchev–Trinajstić information content (AvgIpc) is 2.55. The van der Waals surface area contributed by atoms with Crippen LogP contribution in [0.15, 0.2) is 24.3 Å². The second-order valence-corrected chi connectivity index (χ2v) is 7.34. The fourth-order valence-electron chi connectivity index (χ4n) is 4.31. The van der Waals surface area contributed by atoms with E-state index in [4.69, 9.17) is 0 Å². The molecule has 1 unspecified atom stereocenters. The molecule has 0 aromatic heterocycles. The number of aliphatic hydroxyl groups excluding tert-OH is 1. The molecule has 1 saturated carbocycles. The van der Waals surface area contributed by atoms with Gasteiger partial charge in [-0.2, -0.15) is 0 Å². The van der Waals surface area contributed by atoms with Crippen molar-refractivity contribution in [3.05, 3.63) is 35.6 Å². The standard InChI is InChI=1S/C19H27FN2O2/c1-21-10-11-22(19(14-21)8-3-2-4-9-19)18(24)13-17(23)15-6-5-7-16(20)12-15/h5-7,12,17,23H,2-4,8-11,13-14H2,1H3. The molecule has 1 aliphatic heterocycles. The molecule has 0 radical (unpaired) electrons. The van der Waals surface area contributed by atoms with Gasteiger partial charge in [0, 0.05) is 19.6 Å². The largest absolute Gasteiger partial charge is 0.388 e. The molecule has 132 valence electrons. The molecule has 24 heavy (non-hydrogen) atoms. The van der Waals surface area contributed by atoms with E-state index in [9.17, 15) is 14.3 Å². The molecular formula is C19H27FN2O2. The van der Waals surface area contributed by atoms with Crippen LogP contribution in [0, 0.1) is 5.82 Å². The Labute approximate surface area is 143 Å². The van der Waals surface area contributed by atoms with Gasteiger partial charge in [-0.1, -0.05) is 31.4 Å². The molecule has 2 fully saturated rings. The van der Waals surface area contributed by atoms with Crippen LogP contribution in [0.25, 0.3) is 0 Å². The number of likely N-dealkylation sites (N-methyl/N-ethyl adjacent to an activating group) is 1. The summed E-state index contributed by atoms with van der Waals surface area (Å²) in [6.07, 6.45) is 4.70. The molecule has 3 rings (SSSR count). The number of aliphatic hydroxyl groups is 1. The number of hydrogen-bond acceptors (Lipinski definition) is 3. The molecular weight excluding hydrogens is 307 g/mol. The van der Waals surface area contributed by atoms with Crippen LogP contribution >= 0.6 is 0 Å². The molecule has 1 N–H and O–H groups in total. The van der Waals surface area contributed by atoms with Crippen molar-refractivity contribution < 1.29 is 14.3 Å². The van der Waals surface area contributed by atoms with Crippen LogP contribution in [0.4, 0.5) is 4.39 Å². The highest BCUT2D eigenvalue weighted by atomic mass is 19.1. The molecule has 1 atom stereocenters. The zero-order valence-corrected chi connectivity index (χ0v) is 14.4. The topological polar surface area (TPSA) is 43.8 Å². The van der Waals surface area contributed by atoms with E-state index >= 15 is 0 Å². The van der Waals surface area contributed by atoms with Gasteiger partial charge in [-0.05, 0) is 37.6 Å². The van der Waals surface area contributed by atoms with E-state index in [1.807, 2.05) is 4.90 Å². The fourth-order valence-corrected chi connectivity index (χ4v) is 4.31. The van der Waals surface area contributed by atoms with E-state index in [1.165, 1.54) is 18.6 Å². The quantitative estimate of drug-likeness (QED) is 0.924. The monoisotopic (exact) mass is 334 g/mol.